The van der Waals surface area contributed by atoms with Crippen LogP contribution >= 0.6 is 0 Å². The van der Waals surface area contributed by atoms with Gasteiger partial charge >= 0.3 is 0 Å². The van der Waals surface area contributed by atoms with Gasteiger partial charge in [0.05, 0.1) is 17.0 Å². The summed E-state index contributed by atoms with van der Waals surface area (Å²) >= 11 is 0. The van der Waals surface area contributed by atoms with Gasteiger partial charge in [-0.25, -0.2) is 9.97 Å². The number of aryl methyl sites for hydroxylation is 2. The van der Waals surface area contributed by atoms with E-state index >= 15 is 0 Å². The highest BCUT2D eigenvalue weighted by Crippen LogP contribution is 2.28. The molecule has 1 aromatic carbocycles. The van der Waals surface area contributed by atoms with Gasteiger partial charge in [0.25, 0.3) is 5.91 Å². The van der Waals surface area contributed by atoms with Crippen molar-refractivity contribution < 1.29 is 9.53 Å². The maximum absolute atomic E-state index is 13.0. The van der Waals surface area contributed by atoms with Crippen molar-refractivity contribution in [3.63, 3.8) is 0 Å². The number of hydrogen-bond donors (Lipinski definition) is 1. The molecule has 1 unspecified atom stereocenters. The van der Waals surface area contributed by atoms with E-state index in [1.54, 1.807) is 11.8 Å². The van der Waals surface area contributed by atoms with Gasteiger partial charge in [-0.2, -0.15) is 0 Å². The van der Waals surface area contributed by atoms with Gasteiger partial charge in [0, 0.05) is 13.1 Å². The van der Waals surface area contributed by atoms with E-state index in [1.807, 2.05) is 52.0 Å². The minimum Gasteiger partial charge on any atom is -0.484 e. The Morgan fingerprint density at radius 1 is 1.12 bits per heavy atom. The Bertz CT molecular complexity index is 755. The number of benzene rings is 1. The molecule has 0 aliphatic rings. The summed E-state index contributed by atoms with van der Waals surface area (Å²) < 4.78 is 6.14. The first-order valence-corrected chi connectivity index (χ1v) is 9.07. The largest absolute Gasteiger partial charge is 0.484 e. The third-order valence-corrected chi connectivity index (χ3v) is 4.37. The fourth-order valence-electron chi connectivity index (χ4n) is 2.90. The minimum atomic E-state index is -0.379. The van der Waals surface area contributed by atoms with Crippen LogP contribution in [0.4, 0.5) is 5.95 Å². The molecule has 0 spiro atoms. The number of carbonyl (C=O) groups excluding carboxylic acids is 1. The molecule has 0 aliphatic heterocycles. The predicted octanol–water partition coefficient (Wildman–Crippen LogP) is 3.69. The first kappa shape index (κ1) is 19.7. The highest BCUT2D eigenvalue weighted by Gasteiger charge is 2.27. The topological polar surface area (TPSA) is 81.3 Å². The normalized spacial score (nSPS) is 11.9. The number of amides is 1. The summed E-state index contributed by atoms with van der Waals surface area (Å²) in [6, 6.07) is 7.82. The molecule has 1 atom stereocenters. The van der Waals surface area contributed by atoms with Crippen molar-refractivity contribution in [2.24, 2.45) is 0 Å². The zero-order chi connectivity index (χ0) is 19.3. The summed E-state index contributed by atoms with van der Waals surface area (Å²) in [7, 11) is 0. The lowest BCUT2D eigenvalue weighted by Gasteiger charge is -2.24. The number of nitrogens with zero attached hydrogens (tertiary/aromatic N) is 3. The van der Waals surface area contributed by atoms with Crippen LogP contribution in [0.15, 0.2) is 24.3 Å². The Balaban J connectivity index is 2.47. The number of ether oxygens (including phenoxy) is 1. The summed E-state index contributed by atoms with van der Waals surface area (Å²) in [4.78, 5) is 23.4. The Kier molecular flexibility index (Phi) is 6.55. The van der Waals surface area contributed by atoms with E-state index in [9.17, 15) is 4.79 Å². The molecule has 2 rings (SSSR count). The first-order valence-electron chi connectivity index (χ1n) is 9.07. The van der Waals surface area contributed by atoms with Crippen LogP contribution in [-0.4, -0.2) is 33.9 Å². The maximum atomic E-state index is 13.0. The van der Waals surface area contributed by atoms with Crippen molar-refractivity contribution in [2.75, 3.05) is 18.8 Å². The van der Waals surface area contributed by atoms with Gasteiger partial charge in [0.1, 0.15) is 11.9 Å². The van der Waals surface area contributed by atoms with Crippen LogP contribution in [0, 0.1) is 13.8 Å². The van der Waals surface area contributed by atoms with E-state index < -0.39 is 0 Å². The molecule has 0 saturated heterocycles. The molecular formula is C20H28N4O2. The van der Waals surface area contributed by atoms with Crippen LogP contribution in [0.25, 0.3) is 0 Å². The molecule has 2 N–H and O–H groups in total. The van der Waals surface area contributed by atoms with Gasteiger partial charge in [-0.1, -0.05) is 24.6 Å². The van der Waals surface area contributed by atoms with Crippen LogP contribution in [-0.2, 0) is 0 Å². The summed E-state index contributed by atoms with van der Waals surface area (Å²) in [5.74, 6) is 0.798. The van der Waals surface area contributed by atoms with Crippen LogP contribution in [0.2, 0.25) is 0 Å². The maximum Gasteiger partial charge on any atom is 0.257 e. The quantitative estimate of drug-likeness (QED) is 0.818. The fraction of sp³-hybridized carbons (Fsp3) is 0.450. The third-order valence-electron chi connectivity index (χ3n) is 4.37. The number of aromatic nitrogens is 2. The second kappa shape index (κ2) is 8.65. The molecule has 0 radical (unpaired) electrons. The van der Waals surface area contributed by atoms with Crippen molar-refractivity contribution in [3.8, 4) is 5.75 Å². The van der Waals surface area contributed by atoms with E-state index in [0.29, 0.717) is 36.5 Å². The van der Waals surface area contributed by atoms with Crippen LogP contribution < -0.4 is 10.5 Å². The molecule has 0 fully saturated rings. The lowest BCUT2D eigenvalue weighted by molar-refractivity contribution is 0.0764. The number of nitrogen functional groups attached to an aromatic ring is 1. The molecule has 26 heavy (non-hydrogen) atoms. The predicted molar refractivity (Wildman–Crippen MR) is 103 cm³/mol. The van der Waals surface area contributed by atoms with Gasteiger partial charge in [0.2, 0.25) is 5.95 Å². The minimum absolute atomic E-state index is 0.0894. The number of rotatable bonds is 7. The highest BCUT2D eigenvalue weighted by atomic mass is 16.5. The molecule has 6 heteroatoms. The van der Waals surface area contributed by atoms with Gasteiger partial charge in [-0.3, -0.25) is 4.79 Å². The molecule has 6 nitrogen and oxygen atoms in total. The first-order chi connectivity index (χ1) is 12.4. The monoisotopic (exact) mass is 356 g/mol. The van der Waals surface area contributed by atoms with Crippen molar-refractivity contribution >= 4 is 11.9 Å². The SMILES string of the molecule is CCC(Oc1ccc(C)cc1)c1nc(N)nc(C)c1C(=O)N(CC)CC. The summed E-state index contributed by atoms with van der Waals surface area (Å²) in [6.07, 6.45) is 0.277. The zero-order valence-corrected chi connectivity index (χ0v) is 16.2. The Morgan fingerprint density at radius 3 is 2.27 bits per heavy atom. The molecule has 0 saturated carbocycles. The van der Waals surface area contributed by atoms with Crippen molar-refractivity contribution in [2.45, 2.75) is 47.1 Å². The van der Waals surface area contributed by atoms with Crippen LogP contribution in [0.5, 0.6) is 5.75 Å². The molecule has 1 aromatic heterocycles. The van der Waals surface area contributed by atoms with Crippen LogP contribution in [0.3, 0.4) is 0 Å². The smallest absolute Gasteiger partial charge is 0.257 e. The highest BCUT2D eigenvalue weighted by molar-refractivity contribution is 5.96. The second-order valence-electron chi connectivity index (χ2n) is 6.23. The standard InChI is InChI=1S/C20H28N4O2/c1-6-16(26-15-11-9-13(4)10-12-15)18-17(14(5)22-20(21)23-18)19(25)24(7-2)8-3/h9-12,16H,6-8H2,1-5H3,(H2,21,22,23). The van der Waals surface area contributed by atoms with E-state index in [1.165, 1.54) is 0 Å². The Hall–Kier alpha value is -2.63. The van der Waals surface area contributed by atoms with E-state index in [2.05, 4.69) is 9.97 Å². The molecule has 140 valence electrons. The van der Waals surface area contributed by atoms with Gasteiger partial charge in [0.15, 0.2) is 0 Å². The lowest BCUT2D eigenvalue weighted by atomic mass is 10.0. The van der Waals surface area contributed by atoms with Crippen molar-refractivity contribution in [1.82, 2.24) is 14.9 Å². The van der Waals surface area contributed by atoms with E-state index in [0.717, 1.165) is 11.3 Å². The van der Waals surface area contributed by atoms with Gasteiger partial charge < -0.3 is 15.4 Å². The fourth-order valence-corrected chi connectivity index (χ4v) is 2.90. The van der Waals surface area contributed by atoms with E-state index in [4.69, 9.17) is 10.5 Å². The number of nitrogens with two attached hydrogens (primary N) is 1. The Morgan fingerprint density at radius 2 is 1.73 bits per heavy atom. The molecule has 0 bridgehead atoms. The number of hydrogen-bond acceptors (Lipinski definition) is 5. The average Bonchev–Trinajstić information content (AvgIpc) is 2.61. The molecule has 1 heterocycles. The van der Waals surface area contributed by atoms with Gasteiger partial charge in [-0.05, 0) is 46.2 Å². The molecular weight excluding hydrogens is 328 g/mol. The average molecular weight is 356 g/mol. The summed E-state index contributed by atoms with van der Waals surface area (Å²) in [6.45, 7) is 11.0. The van der Waals surface area contributed by atoms with Crippen LogP contribution in [0.1, 0.15) is 60.6 Å². The second-order valence-corrected chi connectivity index (χ2v) is 6.23. The molecule has 0 aliphatic carbocycles. The number of anilines is 1. The third kappa shape index (κ3) is 4.31. The van der Waals surface area contributed by atoms with Crippen molar-refractivity contribution in [1.29, 1.82) is 0 Å². The number of carbonyl (C=O) groups is 1. The molecule has 2 aromatic rings. The zero-order valence-electron chi connectivity index (χ0n) is 16.2. The van der Waals surface area contributed by atoms with Crippen molar-refractivity contribution in [3.05, 3.63) is 46.8 Å². The molecule has 1 amide bonds. The lowest BCUT2D eigenvalue weighted by Crippen LogP contribution is -2.33. The Labute approximate surface area is 155 Å². The van der Waals surface area contributed by atoms with Gasteiger partial charge in [-0.15, -0.1) is 0 Å². The summed E-state index contributed by atoms with van der Waals surface area (Å²) in [5.41, 5.74) is 8.65. The van der Waals surface area contributed by atoms with E-state index in [-0.39, 0.29) is 18.0 Å². The summed E-state index contributed by atoms with van der Waals surface area (Å²) in [5, 5.41) is 0.